The average molecular weight is 218 g/mol. The van der Waals surface area contributed by atoms with E-state index in [1.165, 1.54) is 11.1 Å². The fraction of sp³-hybridized carbons (Fsp3) is 0.429. The first kappa shape index (κ1) is 12.8. The standard InChI is InChI=1S/C14H22N2/c1-12(2)11-16(3)10-6-8-13-7-4-5-9-14(13)15/h4-5,7,9H,1,6,8,10-11,15H2,2-3H3. The minimum Gasteiger partial charge on any atom is -0.399 e. The molecule has 0 spiro atoms. The molecule has 0 saturated carbocycles. The molecule has 0 saturated heterocycles. The van der Waals surface area contributed by atoms with Crippen LogP contribution in [0.15, 0.2) is 36.4 Å². The van der Waals surface area contributed by atoms with Crippen molar-refractivity contribution in [3.63, 3.8) is 0 Å². The summed E-state index contributed by atoms with van der Waals surface area (Å²) in [5, 5.41) is 0. The van der Waals surface area contributed by atoms with Crippen LogP contribution < -0.4 is 5.73 Å². The molecule has 1 aromatic carbocycles. The highest BCUT2D eigenvalue weighted by Crippen LogP contribution is 2.12. The Kier molecular flexibility index (Phi) is 5.06. The number of hydrogen-bond acceptors (Lipinski definition) is 2. The first-order chi connectivity index (χ1) is 7.59. The van der Waals surface area contributed by atoms with Gasteiger partial charge in [-0.1, -0.05) is 30.4 Å². The van der Waals surface area contributed by atoms with Gasteiger partial charge in [-0.3, -0.25) is 0 Å². The molecule has 0 aliphatic heterocycles. The molecule has 0 heterocycles. The van der Waals surface area contributed by atoms with Gasteiger partial charge in [-0.2, -0.15) is 0 Å². The Morgan fingerprint density at radius 3 is 2.69 bits per heavy atom. The summed E-state index contributed by atoms with van der Waals surface area (Å²) in [6.45, 7) is 8.04. The summed E-state index contributed by atoms with van der Waals surface area (Å²) >= 11 is 0. The lowest BCUT2D eigenvalue weighted by molar-refractivity contribution is 0.357. The van der Waals surface area contributed by atoms with Gasteiger partial charge in [-0.05, 0) is 45.0 Å². The van der Waals surface area contributed by atoms with Gasteiger partial charge in [0.05, 0.1) is 0 Å². The molecule has 0 amide bonds. The second kappa shape index (κ2) is 6.33. The Hall–Kier alpha value is -1.28. The van der Waals surface area contributed by atoms with Crippen LogP contribution in [0.3, 0.4) is 0 Å². The van der Waals surface area contributed by atoms with Gasteiger partial charge in [0, 0.05) is 12.2 Å². The van der Waals surface area contributed by atoms with E-state index in [-0.39, 0.29) is 0 Å². The van der Waals surface area contributed by atoms with Crippen LogP contribution in [0.25, 0.3) is 0 Å². The molecule has 16 heavy (non-hydrogen) atoms. The number of anilines is 1. The Labute approximate surface area is 98.8 Å². The summed E-state index contributed by atoms with van der Waals surface area (Å²) < 4.78 is 0. The topological polar surface area (TPSA) is 29.3 Å². The van der Waals surface area contributed by atoms with Crippen LogP contribution in [0.4, 0.5) is 5.69 Å². The summed E-state index contributed by atoms with van der Waals surface area (Å²) in [5.41, 5.74) is 9.26. The number of rotatable bonds is 6. The van der Waals surface area contributed by atoms with Crippen LogP contribution in [0, 0.1) is 0 Å². The predicted molar refractivity (Wildman–Crippen MR) is 71.5 cm³/mol. The number of likely N-dealkylation sites (N-methyl/N-ethyl adjacent to an activating group) is 1. The van der Waals surface area contributed by atoms with E-state index in [1.807, 2.05) is 18.2 Å². The van der Waals surface area contributed by atoms with E-state index in [0.717, 1.165) is 31.6 Å². The van der Waals surface area contributed by atoms with Crippen molar-refractivity contribution in [2.45, 2.75) is 19.8 Å². The van der Waals surface area contributed by atoms with E-state index < -0.39 is 0 Å². The molecule has 0 bridgehead atoms. The number of benzene rings is 1. The molecule has 0 radical (unpaired) electrons. The van der Waals surface area contributed by atoms with Crippen LogP contribution in [0.1, 0.15) is 18.9 Å². The van der Waals surface area contributed by atoms with Gasteiger partial charge < -0.3 is 10.6 Å². The molecule has 1 rings (SSSR count). The van der Waals surface area contributed by atoms with Gasteiger partial charge in [0.15, 0.2) is 0 Å². The lowest BCUT2D eigenvalue weighted by Gasteiger charge is -2.16. The maximum atomic E-state index is 5.89. The molecule has 0 aromatic heterocycles. The maximum Gasteiger partial charge on any atom is 0.0346 e. The van der Waals surface area contributed by atoms with E-state index in [0.29, 0.717) is 0 Å². The fourth-order valence-electron chi connectivity index (χ4n) is 1.84. The fourth-order valence-corrected chi connectivity index (χ4v) is 1.84. The smallest absolute Gasteiger partial charge is 0.0346 e. The molecule has 0 unspecified atom stereocenters. The third-order valence-corrected chi connectivity index (χ3v) is 2.58. The maximum absolute atomic E-state index is 5.89. The van der Waals surface area contributed by atoms with Crippen LogP contribution >= 0.6 is 0 Å². The number of nitrogen functional groups attached to an aromatic ring is 1. The van der Waals surface area contributed by atoms with Crippen LogP contribution in [-0.4, -0.2) is 25.0 Å². The molecule has 2 heteroatoms. The van der Waals surface area contributed by atoms with Crippen molar-refractivity contribution in [2.24, 2.45) is 0 Å². The minimum atomic E-state index is 0.907. The minimum absolute atomic E-state index is 0.907. The van der Waals surface area contributed by atoms with Gasteiger partial charge in [0.25, 0.3) is 0 Å². The lowest BCUT2D eigenvalue weighted by Crippen LogP contribution is -2.21. The van der Waals surface area contributed by atoms with Crippen LogP contribution in [0.2, 0.25) is 0 Å². The van der Waals surface area contributed by atoms with E-state index in [2.05, 4.69) is 31.5 Å². The highest BCUT2D eigenvalue weighted by Gasteiger charge is 2.00. The SMILES string of the molecule is C=C(C)CN(C)CCCc1ccccc1N. The molecule has 88 valence electrons. The zero-order valence-electron chi connectivity index (χ0n) is 10.4. The Morgan fingerprint density at radius 2 is 2.06 bits per heavy atom. The normalized spacial score (nSPS) is 10.7. The Balaban J connectivity index is 2.30. The first-order valence-electron chi connectivity index (χ1n) is 5.76. The monoisotopic (exact) mass is 218 g/mol. The summed E-state index contributed by atoms with van der Waals surface area (Å²) in [4.78, 5) is 2.29. The molecule has 1 aromatic rings. The van der Waals surface area contributed by atoms with Gasteiger partial charge >= 0.3 is 0 Å². The molecule has 0 aliphatic carbocycles. The molecule has 0 aliphatic rings. The van der Waals surface area contributed by atoms with Crippen molar-refractivity contribution in [2.75, 3.05) is 25.9 Å². The summed E-state index contributed by atoms with van der Waals surface area (Å²) in [5.74, 6) is 0. The van der Waals surface area contributed by atoms with Crippen molar-refractivity contribution in [1.29, 1.82) is 0 Å². The van der Waals surface area contributed by atoms with Crippen LogP contribution in [0.5, 0.6) is 0 Å². The van der Waals surface area contributed by atoms with E-state index >= 15 is 0 Å². The molecule has 2 N–H and O–H groups in total. The lowest BCUT2D eigenvalue weighted by atomic mass is 10.1. The van der Waals surface area contributed by atoms with Crippen molar-refractivity contribution >= 4 is 5.69 Å². The Bertz CT molecular complexity index is 344. The third kappa shape index (κ3) is 4.49. The highest BCUT2D eigenvalue weighted by atomic mass is 15.1. The predicted octanol–water partition coefficient (Wildman–Crippen LogP) is 2.71. The van der Waals surface area contributed by atoms with Gasteiger partial charge in [-0.25, -0.2) is 0 Å². The Morgan fingerprint density at radius 1 is 1.38 bits per heavy atom. The average Bonchev–Trinajstić information content (AvgIpc) is 2.19. The highest BCUT2D eigenvalue weighted by molar-refractivity contribution is 5.46. The number of nitrogens with two attached hydrogens (primary N) is 1. The molecule has 2 nitrogen and oxygen atoms in total. The van der Waals surface area contributed by atoms with Crippen molar-refractivity contribution in [3.8, 4) is 0 Å². The summed E-state index contributed by atoms with van der Waals surface area (Å²) in [6.07, 6.45) is 2.19. The second-order valence-corrected chi connectivity index (χ2v) is 4.50. The number of nitrogens with zero attached hydrogens (tertiary/aromatic N) is 1. The zero-order chi connectivity index (χ0) is 12.0. The third-order valence-electron chi connectivity index (χ3n) is 2.58. The zero-order valence-corrected chi connectivity index (χ0v) is 10.4. The van der Waals surface area contributed by atoms with Gasteiger partial charge in [0.1, 0.15) is 0 Å². The van der Waals surface area contributed by atoms with Gasteiger partial charge in [0.2, 0.25) is 0 Å². The van der Waals surface area contributed by atoms with E-state index in [1.54, 1.807) is 0 Å². The molecular formula is C14H22N2. The van der Waals surface area contributed by atoms with Crippen molar-refractivity contribution in [1.82, 2.24) is 4.90 Å². The first-order valence-corrected chi connectivity index (χ1v) is 5.76. The quantitative estimate of drug-likeness (QED) is 0.587. The summed E-state index contributed by atoms with van der Waals surface area (Å²) in [7, 11) is 2.13. The number of para-hydroxylation sites is 1. The molecule has 0 fully saturated rings. The van der Waals surface area contributed by atoms with Crippen LogP contribution in [-0.2, 0) is 6.42 Å². The van der Waals surface area contributed by atoms with E-state index in [4.69, 9.17) is 5.73 Å². The van der Waals surface area contributed by atoms with Crippen molar-refractivity contribution in [3.05, 3.63) is 42.0 Å². The largest absolute Gasteiger partial charge is 0.399 e. The summed E-state index contributed by atoms with van der Waals surface area (Å²) in [6, 6.07) is 8.09. The molecule has 0 atom stereocenters. The molecular weight excluding hydrogens is 196 g/mol. The van der Waals surface area contributed by atoms with Gasteiger partial charge in [-0.15, -0.1) is 0 Å². The van der Waals surface area contributed by atoms with E-state index in [9.17, 15) is 0 Å². The van der Waals surface area contributed by atoms with Crippen molar-refractivity contribution < 1.29 is 0 Å². The second-order valence-electron chi connectivity index (χ2n) is 4.50. The number of aryl methyl sites for hydroxylation is 1. The number of hydrogen-bond donors (Lipinski definition) is 1.